The molecule has 0 amide bonds. The molecule has 3 aromatic rings. The number of nitrogens with one attached hydrogen (secondary N) is 1. The van der Waals surface area contributed by atoms with Gasteiger partial charge in [0.05, 0.1) is 0 Å². The smallest absolute Gasteiger partial charge is 0.241 e. The van der Waals surface area contributed by atoms with Crippen molar-refractivity contribution in [1.29, 1.82) is 0 Å². The molecule has 0 fully saturated rings. The number of hydrogen-bond acceptors (Lipinski definition) is 5. The Kier molecular flexibility index (Phi) is 3.30. The lowest BCUT2D eigenvalue weighted by Crippen LogP contribution is -2.05. The van der Waals surface area contributed by atoms with Crippen LogP contribution in [0.15, 0.2) is 43.0 Å². The van der Waals surface area contributed by atoms with E-state index in [2.05, 4.69) is 25.3 Å². The maximum Gasteiger partial charge on any atom is 0.241 e. The molecule has 1 aromatic carbocycles. The molecule has 0 radical (unpaired) electrons. The molecule has 0 aliphatic carbocycles. The number of aryl methyl sites for hydroxylation is 1. The minimum atomic E-state index is 0.123. The van der Waals surface area contributed by atoms with Crippen LogP contribution in [0.4, 0.5) is 11.6 Å². The topological polar surface area (TPSA) is 68.5 Å². The molecular formula is C13H11ClN6. The van der Waals surface area contributed by atoms with E-state index in [4.69, 9.17) is 11.6 Å². The van der Waals surface area contributed by atoms with E-state index in [9.17, 15) is 0 Å². The van der Waals surface area contributed by atoms with Gasteiger partial charge in [0.25, 0.3) is 0 Å². The SMILES string of the molecule is Cc1ccc(Nc2nc(Cl)nc(-n3ccnc3)n2)cc1. The zero-order valence-electron chi connectivity index (χ0n) is 10.7. The molecule has 100 valence electrons. The summed E-state index contributed by atoms with van der Waals surface area (Å²) in [6.07, 6.45) is 4.98. The summed E-state index contributed by atoms with van der Waals surface area (Å²) in [5.74, 6) is 0.801. The molecule has 7 heteroatoms. The van der Waals surface area contributed by atoms with Crippen molar-refractivity contribution < 1.29 is 0 Å². The largest absolute Gasteiger partial charge is 0.324 e. The Hall–Kier alpha value is -2.47. The zero-order chi connectivity index (χ0) is 13.9. The van der Waals surface area contributed by atoms with Crippen LogP contribution in [-0.2, 0) is 0 Å². The standard InChI is InChI=1S/C13H11ClN6/c1-9-2-4-10(5-3-9)16-12-17-11(14)18-13(19-12)20-7-6-15-8-20/h2-8H,1H3,(H,16,17,18,19). The highest BCUT2D eigenvalue weighted by atomic mass is 35.5. The van der Waals surface area contributed by atoms with E-state index in [0.29, 0.717) is 11.9 Å². The molecule has 1 N–H and O–H groups in total. The van der Waals surface area contributed by atoms with Gasteiger partial charge in [-0.3, -0.25) is 4.57 Å². The van der Waals surface area contributed by atoms with Crippen LogP contribution in [0.5, 0.6) is 0 Å². The Bertz CT molecular complexity index is 708. The van der Waals surface area contributed by atoms with Crippen molar-refractivity contribution in [3.05, 3.63) is 53.8 Å². The van der Waals surface area contributed by atoms with Gasteiger partial charge in [0.1, 0.15) is 6.33 Å². The average molecular weight is 287 g/mol. The Morgan fingerprint density at radius 3 is 2.60 bits per heavy atom. The summed E-state index contributed by atoms with van der Waals surface area (Å²) in [6.45, 7) is 2.03. The molecule has 0 atom stereocenters. The number of rotatable bonds is 3. The van der Waals surface area contributed by atoms with Crippen LogP contribution in [0.1, 0.15) is 5.56 Å². The third kappa shape index (κ3) is 2.75. The molecular weight excluding hydrogens is 276 g/mol. The van der Waals surface area contributed by atoms with Crippen LogP contribution < -0.4 is 5.32 Å². The van der Waals surface area contributed by atoms with E-state index in [-0.39, 0.29) is 5.28 Å². The summed E-state index contributed by atoms with van der Waals surface area (Å²) in [5, 5.41) is 3.22. The zero-order valence-corrected chi connectivity index (χ0v) is 11.4. The van der Waals surface area contributed by atoms with E-state index in [1.807, 2.05) is 31.2 Å². The Morgan fingerprint density at radius 1 is 1.10 bits per heavy atom. The lowest BCUT2D eigenvalue weighted by molar-refractivity contribution is 0.899. The van der Waals surface area contributed by atoms with Crippen molar-refractivity contribution in [3.8, 4) is 5.95 Å². The summed E-state index contributed by atoms with van der Waals surface area (Å²) in [5.41, 5.74) is 2.07. The van der Waals surface area contributed by atoms with Crippen LogP contribution in [0.3, 0.4) is 0 Å². The second-order valence-electron chi connectivity index (χ2n) is 4.19. The molecule has 0 aliphatic rings. The van der Waals surface area contributed by atoms with Crippen molar-refractivity contribution in [2.24, 2.45) is 0 Å². The summed E-state index contributed by atoms with van der Waals surface area (Å²) < 4.78 is 1.66. The van der Waals surface area contributed by atoms with Gasteiger partial charge in [0.2, 0.25) is 17.2 Å². The molecule has 2 heterocycles. The molecule has 0 aliphatic heterocycles. The number of nitrogens with zero attached hydrogens (tertiary/aromatic N) is 5. The first kappa shape index (κ1) is 12.6. The molecule has 0 saturated carbocycles. The highest BCUT2D eigenvalue weighted by Gasteiger charge is 2.06. The minimum absolute atomic E-state index is 0.123. The quantitative estimate of drug-likeness (QED) is 0.802. The first-order valence-corrected chi connectivity index (χ1v) is 6.32. The number of halogens is 1. The van der Waals surface area contributed by atoms with Gasteiger partial charge in [-0.15, -0.1) is 0 Å². The second kappa shape index (κ2) is 5.26. The molecule has 3 rings (SSSR count). The lowest BCUT2D eigenvalue weighted by atomic mass is 10.2. The number of imidazole rings is 1. The van der Waals surface area contributed by atoms with E-state index >= 15 is 0 Å². The maximum atomic E-state index is 5.92. The molecule has 20 heavy (non-hydrogen) atoms. The molecule has 0 spiro atoms. The van der Waals surface area contributed by atoms with Crippen LogP contribution >= 0.6 is 11.6 Å². The first-order valence-electron chi connectivity index (χ1n) is 5.94. The van der Waals surface area contributed by atoms with E-state index < -0.39 is 0 Å². The Labute approximate surface area is 120 Å². The highest BCUT2D eigenvalue weighted by molar-refractivity contribution is 6.28. The number of hydrogen-bond donors (Lipinski definition) is 1. The van der Waals surface area contributed by atoms with E-state index in [1.165, 1.54) is 5.56 Å². The predicted octanol–water partition coefficient (Wildman–Crippen LogP) is 2.76. The van der Waals surface area contributed by atoms with Crippen LogP contribution in [-0.4, -0.2) is 24.5 Å². The Morgan fingerprint density at radius 2 is 1.90 bits per heavy atom. The maximum absolute atomic E-state index is 5.92. The molecule has 0 unspecified atom stereocenters. The van der Waals surface area contributed by atoms with Crippen LogP contribution in [0, 0.1) is 6.92 Å². The third-order valence-corrected chi connectivity index (χ3v) is 2.81. The Balaban J connectivity index is 1.92. The molecule has 2 aromatic heterocycles. The van der Waals surface area contributed by atoms with E-state index in [0.717, 1.165) is 5.69 Å². The van der Waals surface area contributed by atoms with Crippen molar-refractivity contribution >= 4 is 23.2 Å². The van der Waals surface area contributed by atoms with Gasteiger partial charge in [-0.1, -0.05) is 17.7 Å². The first-order chi connectivity index (χ1) is 9.70. The normalized spacial score (nSPS) is 10.5. The summed E-state index contributed by atoms with van der Waals surface area (Å²) in [7, 11) is 0. The van der Waals surface area contributed by atoms with Gasteiger partial charge in [-0.25, -0.2) is 4.98 Å². The summed E-state index contributed by atoms with van der Waals surface area (Å²) >= 11 is 5.92. The average Bonchev–Trinajstić information content (AvgIpc) is 2.95. The third-order valence-electron chi connectivity index (χ3n) is 2.64. The van der Waals surface area contributed by atoms with Crippen molar-refractivity contribution in [3.63, 3.8) is 0 Å². The van der Waals surface area contributed by atoms with Gasteiger partial charge >= 0.3 is 0 Å². The van der Waals surface area contributed by atoms with Crippen molar-refractivity contribution in [2.45, 2.75) is 6.92 Å². The monoisotopic (exact) mass is 286 g/mol. The van der Waals surface area contributed by atoms with Gasteiger partial charge in [-0.05, 0) is 30.7 Å². The van der Waals surface area contributed by atoms with Gasteiger partial charge in [0.15, 0.2) is 0 Å². The highest BCUT2D eigenvalue weighted by Crippen LogP contribution is 2.16. The van der Waals surface area contributed by atoms with E-state index in [1.54, 1.807) is 23.3 Å². The van der Waals surface area contributed by atoms with Crippen LogP contribution in [0.2, 0.25) is 5.28 Å². The molecule has 6 nitrogen and oxygen atoms in total. The van der Waals surface area contributed by atoms with Gasteiger partial charge < -0.3 is 5.32 Å². The second-order valence-corrected chi connectivity index (χ2v) is 4.53. The lowest BCUT2D eigenvalue weighted by Gasteiger charge is -2.07. The van der Waals surface area contributed by atoms with Gasteiger partial charge in [0, 0.05) is 18.1 Å². The summed E-state index contributed by atoms with van der Waals surface area (Å²) in [6, 6.07) is 7.90. The fourth-order valence-corrected chi connectivity index (χ4v) is 1.81. The van der Waals surface area contributed by atoms with Crippen molar-refractivity contribution in [1.82, 2.24) is 24.5 Å². The van der Waals surface area contributed by atoms with Crippen LogP contribution in [0.25, 0.3) is 5.95 Å². The summed E-state index contributed by atoms with van der Waals surface area (Å²) in [4.78, 5) is 16.4. The minimum Gasteiger partial charge on any atom is -0.324 e. The number of aromatic nitrogens is 5. The predicted molar refractivity (Wildman–Crippen MR) is 76.4 cm³/mol. The number of anilines is 2. The fourth-order valence-electron chi connectivity index (χ4n) is 1.65. The van der Waals surface area contributed by atoms with Crippen molar-refractivity contribution in [2.75, 3.05) is 5.32 Å². The molecule has 0 saturated heterocycles. The number of benzene rings is 1. The van der Waals surface area contributed by atoms with Gasteiger partial charge in [-0.2, -0.15) is 15.0 Å². The fraction of sp³-hybridized carbons (Fsp3) is 0.0769. The molecule has 0 bridgehead atoms.